The summed E-state index contributed by atoms with van der Waals surface area (Å²) in [4.78, 5) is 23.7. The second-order valence-electron chi connectivity index (χ2n) is 5.30. The van der Waals surface area contributed by atoms with Gasteiger partial charge in [-0.1, -0.05) is 17.7 Å². The molecule has 0 aliphatic heterocycles. The highest BCUT2D eigenvalue weighted by atomic mass is 35.5. The lowest BCUT2D eigenvalue weighted by atomic mass is 10.2. The van der Waals surface area contributed by atoms with Crippen LogP contribution in [0.15, 0.2) is 54.2 Å². The molecule has 0 heterocycles. The average Bonchev–Trinajstić information content (AvgIpc) is 2.65. The van der Waals surface area contributed by atoms with E-state index in [0.717, 1.165) is 5.56 Å². The summed E-state index contributed by atoms with van der Waals surface area (Å²) in [6, 6.07) is 13.4. The second kappa shape index (κ2) is 8.70. The molecule has 0 bridgehead atoms. The summed E-state index contributed by atoms with van der Waals surface area (Å²) in [7, 11) is 1.30. The molecule has 0 fully saturated rings. The highest BCUT2D eigenvalue weighted by Crippen LogP contribution is 2.20. The first-order valence-electron chi connectivity index (χ1n) is 7.57. The number of ether oxygens (including phenoxy) is 1. The number of halogens is 1. The molecule has 26 heavy (non-hydrogen) atoms. The van der Waals surface area contributed by atoms with Gasteiger partial charge in [0.2, 0.25) is 0 Å². The molecule has 0 aliphatic carbocycles. The molecule has 0 radical (unpaired) electrons. The third-order valence-electron chi connectivity index (χ3n) is 3.50. The van der Waals surface area contributed by atoms with E-state index in [1.807, 2.05) is 13.0 Å². The van der Waals surface area contributed by atoms with Gasteiger partial charge in [-0.05, 0) is 48.9 Å². The first-order chi connectivity index (χ1) is 12.4. The number of benzene rings is 2. The summed E-state index contributed by atoms with van der Waals surface area (Å²) >= 11 is 5.92. The number of nitrogens with one attached hydrogen (secondary N) is 2. The molecule has 6 nitrogen and oxygen atoms in total. The molecule has 7 heteroatoms. The van der Waals surface area contributed by atoms with Gasteiger partial charge >= 0.3 is 5.97 Å². The number of hydrogen-bond donors (Lipinski definition) is 2. The normalized spacial score (nSPS) is 10.6. The zero-order chi connectivity index (χ0) is 19.1. The van der Waals surface area contributed by atoms with E-state index in [1.54, 1.807) is 42.5 Å². The van der Waals surface area contributed by atoms with Crippen molar-refractivity contribution in [1.82, 2.24) is 0 Å². The van der Waals surface area contributed by atoms with Crippen LogP contribution in [-0.4, -0.2) is 19.0 Å². The van der Waals surface area contributed by atoms with Crippen molar-refractivity contribution in [3.05, 3.63) is 70.4 Å². The predicted octanol–water partition coefficient (Wildman–Crippen LogP) is 3.89. The Balaban J connectivity index is 2.09. The van der Waals surface area contributed by atoms with Crippen LogP contribution in [0.1, 0.15) is 15.9 Å². The van der Waals surface area contributed by atoms with Crippen molar-refractivity contribution in [3.8, 4) is 6.07 Å². The van der Waals surface area contributed by atoms with Crippen LogP contribution in [0.3, 0.4) is 0 Å². The van der Waals surface area contributed by atoms with Gasteiger partial charge in [0.1, 0.15) is 11.6 Å². The van der Waals surface area contributed by atoms with Crippen molar-refractivity contribution in [2.45, 2.75) is 6.92 Å². The number of anilines is 2. The van der Waals surface area contributed by atoms with Crippen molar-refractivity contribution in [3.63, 3.8) is 0 Å². The topological polar surface area (TPSA) is 91.2 Å². The van der Waals surface area contributed by atoms with Crippen LogP contribution >= 0.6 is 11.6 Å². The summed E-state index contributed by atoms with van der Waals surface area (Å²) in [5, 5.41) is 15.2. The van der Waals surface area contributed by atoms with Crippen LogP contribution in [0.5, 0.6) is 0 Å². The highest BCUT2D eigenvalue weighted by molar-refractivity contribution is 6.31. The summed E-state index contributed by atoms with van der Waals surface area (Å²) < 4.78 is 4.62. The zero-order valence-electron chi connectivity index (χ0n) is 14.2. The molecule has 0 aromatic heterocycles. The summed E-state index contributed by atoms with van der Waals surface area (Å²) in [6.07, 6.45) is 1.29. The number of methoxy groups -OCH3 is 1. The van der Waals surface area contributed by atoms with Crippen molar-refractivity contribution < 1.29 is 14.3 Å². The van der Waals surface area contributed by atoms with Crippen LogP contribution in [0.2, 0.25) is 5.02 Å². The molecule has 2 rings (SSSR count). The van der Waals surface area contributed by atoms with E-state index < -0.39 is 11.9 Å². The van der Waals surface area contributed by atoms with Crippen LogP contribution in [0.25, 0.3) is 0 Å². The summed E-state index contributed by atoms with van der Waals surface area (Å²) in [6.45, 7) is 1.82. The number of nitrogens with zero attached hydrogens (tertiary/aromatic N) is 1. The Kier molecular flexibility index (Phi) is 6.36. The largest absolute Gasteiger partial charge is 0.465 e. The lowest BCUT2D eigenvalue weighted by Gasteiger charge is -2.08. The quantitative estimate of drug-likeness (QED) is 0.474. The molecule has 0 saturated heterocycles. The van der Waals surface area contributed by atoms with E-state index in [0.29, 0.717) is 22.0 Å². The summed E-state index contributed by atoms with van der Waals surface area (Å²) in [5.41, 5.74) is 2.26. The summed E-state index contributed by atoms with van der Waals surface area (Å²) in [5.74, 6) is -1.00. The predicted molar refractivity (Wildman–Crippen MR) is 99.9 cm³/mol. The number of aryl methyl sites for hydroxylation is 1. The van der Waals surface area contributed by atoms with E-state index >= 15 is 0 Å². The molecule has 0 aliphatic rings. The molecule has 0 unspecified atom stereocenters. The van der Waals surface area contributed by atoms with Gasteiger partial charge in [-0.3, -0.25) is 4.79 Å². The number of hydrogen-bond acceptors (Lipinski definition) is 5. The number of carbonyl (C=O) groups excluding carboxylic acids is 2. The standard InChI is InChI=1S/C19H16ClN3O3/c1-12-3-6-15(20)9-17(12)23-18(24)14(10-21)11-22-16-7-4-13(5-8-16)19(25)26-2/h3-9,11,22H,1-2H3,(H,23,24)/b14-11-. The average molecular weight is 370 g/mol. The van der Waals surface area contributed by atoms with Gasteiger partial charge in [-0.25, -0.2) is 4.79 Å². The lowest BCUT2D eigenvalue weighted by molar-refractivity contribution is -0.112. The number of esters is 1. The second-order valence-corrected chi connectivity index (χ2v) is 5.73. The van der Waals surface area contributed by atoms with Crippen LogP contribution < -0.4 is 10.6 Å². The Morgan fingerprint density at radius 3 is 2.50 bits per heavy atom. The third-order valence-corrected chi connectivity index (χ3v) is 3.74. The van der Waals surface area contributed by atoms with Crippen LogP contribution in [-0.2, 0) is 9.53 Å². The van der Waals surface area contributed by atoms with E-state index in [9.17, 15) is 14.9 Å². The molecule has 132 valence electrons. The number of amides is 1. The fraction of sp³-hybridized carbons (Fsp3) is 0.105. The molecular formula is C19H16ClN3O3. The number of carbonyl (C=O) groups is 2. The minimum Gasteiger partial charge on any atom is -0.465 e. The van der Waals surface area contributed by atoms with Crippen molar-refractivity contribution in [2.75, 3.05) is 17.7 Å². The first-order valence-corrected chi connectivity index (χ1v) is 7.95. The fourth-order valence-corrected chi connectivity index (χ4v) is 2.22. The Hall–Kier alpha value is -3.30. The van der Waals surface area contributed by atoms with E-state index in [2.05, 4.69) is 15.4 Å². The Morgan fingerprint density at radius 2 is 1.88 bits per heavy atom. The molecular weight excluding hydrogens is 354 g/mol. The molecule has 0 saturated carbocycles. The van der Waals surface area contributed by atoms with Crippen molar-refractivity contribution >= 4 is 34.9 Å². The van der Waals surface area contributed by atoms with Gasteiger partial charge in [0.15, 0.2) is 0 Å². The highest BCUT2D eigenvalue weighted by Gasteiger charge is 2.11. The Morgan fingerprint density at radius 1 is 1.19 bits per heavy atom. The molecule has 2 N–H and O–H groups in total. The zero-order valence-corrected chi connectivity index (χ0v) is 14.9. The molecule has 1 amide bonds. The number of nitriles is 1. The van der Waals surface area contributed by atoms with Crippen molar-refractivity contribution in [2.24, 2.45) is 0 Å². The van der Waals surface area contributed by atoms with Crippen LogP contribution in [0, 0.1) is 18.3 Å². The third kappa shape index (κ3) is 4.85. The van der Waals surface area contributed by atoms with Gasteiger partial charge in [0.05, 0.1) is 12.7 Å². The first kappa shape index (κ1) is 19.0. The smallest absolute Gasteiger partial charge is 0.337 e. The Bertz CT molecular complexity index is 899. The SMILES string of the molecule is COC(=O)c1ccc(N/C=C(/C#N)C(=O)Nc2cc(Cl)ccc2C)cc1. The van der Waals surface area contributed by atoms with Gasteiger partial charge < -0.3 is 15.4 Å². The van der Waals surface area contributed by atoms with Crippen molar-refractivity contribution in [1.29, 1.82) is 5.26 Å². The molecule has 2 aromatic carbocycles. The molecule has 0 atom stereocenters. The minimum absolute atomic E-state index is 0.110. The monoisotopic (exact) mass is 369 g/mol. The van der Waals surface area contributed by atoms with Gasteiger partial charge in [0, 0.05) is 22.6 Å². The van der Waals surface area contributed by atoms with E-state index in [1.165, 1.54) is 13.3 Å². The maximum Gasteiger partial charge on any atom is 0.337 e. The van der Waals surface area contributed by atoms with Gasteiger partial charge in [0.25, 0.3) is 5.91 Å². The van der Waals surface area contributed by atoms with E-state index in [-0.39, 0.29) is 5.57 Å². The number of rotatable bonds is 5. The van der Waals surface area contributed by atoms with Gasteiger partial charge in [-0.15, -0.1) is 0 Å². The minimum atomic E-state index is -0.559. The van der Waals surface area contributed by atoms with E-state index in [4.69, 9.17) is 11.6 Å². The maximum absolute atomic E-state index is 12.3. The Labute approximate surface area is 156 Å². The fourth-order valence-electron chi connectivity index (χ4n) is 2.04. The molecule has 2 aromatic rings. The molecule has 0 spiro atoms. The maximum atomic E-state index is 12.3. The van der Waals surface area contributed by atoms with Crippen LogP contribution in [0.4, 0.5) is 11.4 Å². The van der Waals surface area contributed by atoms with Gasteiger partial charge in [-0.2, -0.15) is 5.26 Å². The lowest BCUT2D eigenvalue weighted by Crippen LogP contribution is -2.15.